The molecule has 0 saturated heterocycles. The van der Waals surface area contributed by atoms with Gasteiger partial charge in [-0.1, -0.05) is 23.4 Å². The molecule has 0 aliphatic rings. The highest BCUT2D eigenvalue weighted by atomic mass is 16.3. The SMILES string of the molecule is Cc1ccc2cccc(NCc3cn(CCO)nn3)c2n1. The van der Waals surface area contributed by atoms with E-state index >= 15 is 0 Å². The fraction of sp³-hybridized carbons (Fsp3) is 0.267. The number of rotatable bonds is 5. The van der Waals surface area contributed by atoms with Crippen LogP contribution in [0, 0.1) is 6.92 Å². The number of anilines is 1. The highest BCUT2D eigenvalue weighted by molar-refractivity contribution is 5.90. The molecular weight excluding hydrogens is 266 g/mol. The molecule has 1 aromatic carbocycles. The average Bonchev–Trinajstić information content (AvgIpc) is 2.93. The number of fused-ring (bicyclic) bond motifs is 1. The van der Waals surface area contributed by atoms with Crippen molar-refractivity contribution in [3.8, 4) is 0 Å². The first-order chi connectivity index (χ1) is 10.3. The summed E-state index contributed by atoms with van der Waals surface area (Å²) in [5.74, 6) is 0. The van der Waals surface area contributed by atoms with Crippen molar-refractivity contribution in [1.82, 2.24) is 20.0 Å². The van der Waals surface area contributed by atoms with E-state index in [0.717, 1.165) is 28.0 Å². The van der Waals surface area contributed by atoms with Gasteiger partial charge in [-0.3, -0.25) is 4.98 Å². The van der Waals surface area contributed by atoms with E-state index < -0.39 is 0 Å². The zero-order valence-electron chi connectivity index (χ0n) is 11.8. The molecule has 0 aliphatic heterocycles. The maximum absolute atomic E-state index is 8.87. The maximum atomic E-state index is 8.87. The van der Waals surface area contributed by atoms with Crippen molar-refractivity contribution in [2.24, 2.45) is 0 Å². The monoisotopic (exact) mass is 283 g/mol. The molecule has 0 spiro atoms. The number of benzene rings is 1. The number of aliphatic hydroxyl groups is 1. The summed E-state index contributed by atoms with van der Waals surface area (Å²) >= 11 is 0. The van der Waals surface area contributed by atoms with Gasteiger partial charge in [0.15, 0.2) is 0 Å². The van der Waals surface area contributed by atoms with Gasteiger partial charge in [0.2, 0.25) is 0 Å². The van der Waals surface area contributed by atoms with Gasteiger partial charge in [0.1, 0.15) is 5.69 Å². The predicted octanol–water partition coefficient (Wildman–Crippen LogP) is 1.74. The van der Waals surface area contributed by atoms with E-state index in [1.54, 1.807) is 4.68 Å². The lowest BCUT2D eigenvalue weighted by molar-refractivity contribution is 0.268. The summed E-state index contributed by atoms with van der Waals surface area (Å²) in [5, 5.41) is 21.3. The van der Waals surface area contributed by atoms with Crippen LogP contribution in [0.1, 0.15) is 11.4 Å². The van der Waals surface area contributed by atoms with E-state index in [1.807, 2.05) is 37.4 Å². The van der Waals surface area contributed by atoms with Crippen LogP contribution in [0.4, 0.5) is 5.69 Å². The second kappa shape index (κ2) is 5.88. The van der Waals surface area contributed by atoms with Crippen LogP contribution in [0.3, 0.4) is 0 Å². The summed E-state index contributed by atoms with van der Waals surface area (Å²) in [4.78, 5) is 4.59. The number of para-hydroxylation sites is 1. The molecule has 108 valence electrons. The molecule has 21 heavy (non-hydrogen) atoms. The van der Waals surface area contributed by atoms with E-state index in [2.05, 4.69) is 26.7 Å². The van der Waals surface area contributed by atoms with Crippen LogP contribution in [0.2, 0.25) is 0 Å². The predicted molar refractivity (Wildman–Crippen MR) is 80.9 cm³/mol. The number of pyridine rings is 1. The molecule has 0 radical (unpaired) electrons. The number of nitrogens with one attached hydrogen (secondary N) is 1. The molecule has 2 aromatic heterocycles. The van der Waals surface area contributed by atoms with Crippen molar-refractivity contribution in [3.05, 3.63) is 47.9 Å². The first kappa shape index (κ1) is 13.5. The van der Waals surface area contributed by atoms with E-state index in [1.165, 1.54) is 0 Å². The van der Waals surface area contributed by atoms with Crippen LogP contribution < -0.4 is 5.32 Å². The van der Waals surface area contributed by atoms with Gasteiger partial charge >= 0.3 is 0 Å². The van der Waals surface area contributed by atoms with Gasteiger partial charge in [-0.25, -0.2) is 4.68 Å². The van der Waals surface area contributed by atoms with E-state index in [-0.39, 0.29) is 6.61 Å². The standard InChI is InChI=1S/C15H17N5O/c1-11-5-6-12-3-2-4-14(15(12)17-11)16-9-13-10-20(7-8-21)19-18-13/h2-6,10,16,21H,7-9H2,1H3. The average molecular weight is 283 g/mol. The van der Waals surface area contributed by atoms with E-state index in [0.29, 0.717) is 13.1 Å². The Morgan fingerprint density at radius 1 is 1.24 bits per heavy atom. The summed E-state index contributed by atoms with van der Waals surface area (Å²) in [6.07, 6.45) is 1.83. The van der Waals surface area contributed by atoms with Crippen LogP contribution in [0.25, 0.3) is 10.9 Å². The smallest absolute Gasteiger partial charge is 0.102 e. The number of aromatic nitrogens is 4. The Kier molecular flexibility index (Phi) is 3.79. The Morgan fingerprint density at radius 2 is 2.14 bits per heavy atom. The van der Waals surface area contributed by atoms with Crippen LogP contribution in [-0.2, 0) is 13.1 Å². The van der Waals surface area contributed by atoms with Gasteiger partial charge in [0.25, 0.3) is 0 Å². The van der Waals surface area contributed by atoms with Crippen LogP contribution >= 0.6 is 0 Å². The van der Waals surface area contributed by atoms with Crippen molar-refractivity contribution in [3.63, 3.8) is 0 Å². The minimum atomic E-state index is 0.0583. The Bertz CT molecular complexity index is 753. The Morgan fingerprint density at radius 3 is 3.00 bits per heavy atom. The number of nitrogens with zero attached hydrogens (tertiary/aromatic N) is 4. The fourth-order valence-electron chi connectivity index (χ4n) is 2.20. The topological polar surface area (TPSA) is 75.9 Å². The molecule has 0 unspecified atom stereocenters. The largest absolute Gasteiger partial charge is 0.394 e. The molecule has 0 saturated carbocycles. The first-order valence-electron chi connectivity index (χ1n) is 6.86. The van der Waals surface area contributed by atoms with Gasteiger partial charge in [-0.15, -0.1) is 5.10 Å². The van der Waals surface area contributed by atoms with Crippen molar-refractivity contribution >= 4 is 16.6 Å². The molecule has 0 fully saturated rings. The molecule has 6 heteroatoms. The summed E-state index contributed by atoms with van der Waals surface area (Å²) in [6, 6.07) is 10.1. The van der Waals surface area contributed by atoms with Crippen LogP contribution in [0.15, 0.2) is 36.5 Å². The van der Waals surface area contributed by atoms with E-state index in [4.69, 9.17) is 5.11 Å². The molecule has 0 atom stereocenters. The maximum Gasteiger partial charge on any atom is 0.102 e. The van der Waals surface area contributed by atoms with Crippen molar-refractivity contribution in [2.75, 3.05) is 11.9 Å². The lowest BCUT2D eigenvalue weighted by atomic mass is 10.1. The zero-order chi connectivity index (χ0) is 14.7. The minimum Gasteiger partial charge on any atom is -0.394 e. The van der Waals surface area contributed by atoms with Crippen LogP contribution in [-0.4, -0.2) is 31.7 Å². The van der Waals surface area contributed by atoms with Crippen molar-refractivity contribution in [2.45, 2.75) is 20.0 Å². The van der Waals surface area contributed by atoms with Crippen molar-refractivity contribution in [1.29, 1.82) is 0 Å². The molecule has 0 amide bonds. The number of hydrogen-bond acceptors (Lipinski definition) is 5. The summed E-state index contributed by atoms with van der Waals surface area (Å²) in [6.45, 7) is 3.07. The van der Waals surface area contributed by atoms with Gasteiger partial charge in [-0.05, 0) is 19.1 Å². The first-order valence-corrected chi connectivity index (χ1v) is 6.86. The van der Waals surface area contributed by atoms with E-state index in [9.17, 15) is 0 Å². The van der Waals surface area contributed by atoms with Gasteiger partial charge in [0, 0.05) is 11.1 Å². The second-order valence-corrected chi connectivity index (χ2v) is 4.88. The zero-order valence-corrected chi connectivity index (χ0v) is 11.8. The van der Waals surface area contributed by atoms with Gasteiger partial charge in [-0.2, -0.15) is 0 Å². The lowest BCUT2D eigenvalue weighted by Gasteiger charge is -2.08. The molecule has 0 aliphatic carbocycles. The Hall–Kier alpha value is -2.47. The second-order valence-electron chi connectivity index (χ2n) is 4.88. The normalized spacial score (nSPS) is 11.0. The molecular formula is C15H17N5O. The third-order valence-electron chi connectivity index (χ3n) is 3.23. The third-order valence-corrected chi connectivity index (χ3v) is 3.23. The summed E-state index contributed by atoms with van der Waals surface area (Å²) in [7, 11) is 0. The Balaban J connectivity index is 1.79. The number of aliphatic hydroxyl groups excluding tert-OH is 1. The van der Waals surface area contributed by atoms with Crippen molar-refractivity contribution < 1.29 is 5.11 Å². The molecule has 0 bridgehead atoms. The number of hydrogen-bond donors (Lipinski definition) is 2. The molecule has 3 rings (SSSR count). The lowest BCUT2D eigenvalue weighted by Crippen LogP contribution is -2.02. The molecule has 6 nitrogen and oxygen atoms in total. The molecule has 2 N–H and O–H groups in total. The molecule has 3 aromatic rings. The summed E-state index contributed by atoms with van der Waals surface area (Å²) < 4.78 is 1.63. The van der Waals surface area contributed by atoms with Gasteiger partial charge < -0.3 is 10.4 Å². The molecule has 2 heterocycles. The highest BCUT2D eigenvalue weighted by Gasteiger charge is 2.04. The van der Waals surface area contributed by atoms with Gasteiger partial charge in [0.05, 0.1) is 37.1 Å². The highest BCUT2D eigenvalue weighted by Crippen LogP contribution is 2.22. The third kappa shape index (κ3) is 3.00. The number of aryl methyl sites for hydroxylation is 1. The van der Waals surface area contributed by atoms with Crippen LogP contribution in [0.5, 0.6) is 0 Å². The Labute approximate surface area is 122 Å². The summed E-state index contributed by atoms with van der Waals surface area (Å²) in [5.41, 5.74) is 3.76. The minimum absolute atomic E-state index is 0.0583. The quantitative estimate of drug-likeness (QED) is 0.746. The fourth-order valence-corrected chi connectivity index (χ4v) is 2.20.